The van der Waals surface area contributed by atoms with Gasteiger partial charge in [-0.15, -0.1) is 0 Å². The fraction of sp³-hybridized carbons (Fsp3) is 0.600. The first-order chi connectivity index (χ1) is 8.60. The van der Waals surface area contributed by atoms with Crippen molar-refractivity contribution in [3.8, 4) is 5.75 Å². The summed E-state index contributed by atoms with van der Waals surface area (Å²) in [6, 6.07) is 4.04. The van der Waals surface area contributed by atoms with Crippen LogP contribution in [0.3, 0.4) is 0 Å². The number of unbranched alkanes of at least 4 members (excludes halogenated alkanes) is 1. The Hall–Kier alpha value is -0.730. The van der Waals surface area contributed by atoms with Crippen LogP contribution in [0.4, 0.5) is 0 Å². The Labute approximate surface area is 115 Å². The number of hydrogen-bond donors (Lipinski definition) is 1. The number of ether oxygens (including phenoxy) is 1. The van der Waals surface area contributed by atoms with Gasteiger partial charge in [-0.2, -0.15) is 0 Å². The Morgan fingerprint density at radius 3 is 2.56 bits per heavy atom. The van der Waals surface area contributed by atoms with E-state index in [0.29, 0.717) is 12.5 Å². The first-order valence-electron chi connectivity index (χ1n) is 6.75. The number of rotatable bonds is 7. The van der Waals surface area contributed by atoms with Crippen molar-refractivity contribution in [2.45, 2.75) is 46.0 Å². The number of hydrogen-bond acceptors (Lipinski definition) is 2. The molecule has 0 fully saturated rings. The number of benzene rings is 1. The number of aryl methyl sites for hydroxylation is 1. The van der Waals surface area contributed by atoms with E-state index in [9.17, 15) is 0 Å². The topological polar surface area (TPSA) is 35.2 Å². The Morgan fingerprint density at radius 1 is 1.28 bits per heavy atom. The molecular weight excluding hydrogens is 246 g/mol. The van der Waals surface area contributed by atoms with Crippen LogP contribution in [0, 0.1) is 0 Å². The quantitative estimate of drug-likeness (QED) is 0.755. The van der Waals surface area contributed by atoms with Crippen molar-refractivity contribution in [3.05, 3.63) is 28.3 Å². The molecule has 102 valence electrons. The third-order valence-corrected chi connectivity index (χ3v) is 3.19. The highest BCUT2D eigenvalue weighted by Crippen LogP contribution is 2.34. The second kappa shape index (κ2) is 7.65. The van der Waals surface area contributed by atoms with Gasteiger partial charge in [-0.25, -0.2) is 0 Å². The summed E-state index contributed by atoms with van der Waals surface area (Å²) in [7, 11) is 0. The minimum absolute atomic E-state index is 0.415. The molecule has 0 unspecified atom stereocenters. The lowest BCUT2D eigenvalue weighted by Gasteiger charge is -2.18. The molecule has 2 N–H and O–H groups in total. The van der Waals surface area contributed by atoms with Crippen molar-refractivity contribution >= 4 is 11.6 Å². The van der Waals surface area contributed by atoms with Crippen LogP contribution in [0.15, 0.2) is 12.1 Å². The highest BCUT2D eigenvalue weighted by molar-refractivity contribution is 6.30. The summed E-state index contributed by atoms with van der Waals surface area (Å²) in [6.07, 6.45) is 3.09. The van der Waals surface area contributed by atoms with Gasteiger partial charge in [0.2, 0.25) is 0 Å². The van der Waals surface area contributed by atoms with Gasteiger partial charge >= 0.3 is 0 Å². The van der Waals surface area contributed by atoms with Gasteiger partial charge in [0, 0.05) is 5.02 Å². The third-order valence-electron chi connectivity index (χ3n) is 2.97. The molecule has 0 aliphatic carbocycles. The molecular formula is C15H24ClNO. The molecule has 0 aromatic heterocycles. The molecule has 0 bridgehead atoms. The molecule has 0 aliphatic heterocycles. The Bertz CT molecular complexity index is 377. The SMILES string of the molecule is CCOc1c(CCCCN)cc(Cl)cc1C(C)C. The molecule has 0 saturated carbocycles. The van der Waals surface area contributed by atoms with E-state index in [0.717, 1.165) is 36.6 Å². The summed E-state index contributed by atoms with van der Waals surface area (Å²) < 4.78 is 5.83. The largest absolute Gasteiger partial charge is 0.493 e. The maximum Gasteiger partial charge on any atom is 0.126 e. The molecule has 3 heteroatoms. The second-order valence-corrected chi connectivity index (χ2v) is 5.25. The molecule has 18 heavy (non-hydrogen) atoms. The third kappa shape index (κ3) is 4.18. The lowest BCUT2D eigenvalue weighted by atomic mass is 9.96. The van der Waals surface area contributed by atoms with E-state index in [1.807, 2.05) is 19.1 Å². The summed E-state index contributed by atoms with van der Waals surface area (Å²) in [5, 5.41) is 0.796. The van der Waals surface area contributed by atoms with Crippen molar-refractivity contribution in [1.82, 2.24) is 0 Å². The number of nitrogens with two attached hydrogens (primary N) is 1. The van der Waals surface area contributed by atoms with Crippen molar-refractivity contribution < 1.29 is 4.74 Å². The van der Waals surface area contributed by atoms with E-state index in [1.54, 1.807) is 0 Å². The summed E-state index contributed by atoms with van der Waals surface area (Å²) in [6.45, 7) is 7.77. The lowest BCUT2D eigenvalue weighted by molar-refractivity contribution is 0.331. The first-order valence-corrected chi connectivity index (χ1v) is 7.13. The standard InChI is InChI=1S/C15H24ClNO/c1-4-18-15-12(7-5-6-8-17)9-13(16)10-14(15)11(2)3/h9-11H,4-8,17H2,1-3H3. The van der Waals surface area contributed by atoms with E-state index < -0.39 is 0 Å². The molecule has 1 aromatic rings. The van der Waals surface area contributed by atoms with E-state index in [2.05, 4.69) is 13.8 Å². The zero-order valence-electron chi connectivity index (χ0n) is 11.6. The summed E-state index contributed by atoms with van der Waals surface area (Å²) >= 11 is 6.20. The molecule has 0 saturated heterocycles. The Balaban J connectivity index is 3.04. The predicted molar refractivity (Wildman–Crippen MR) is 78.7 cm³/mol. The predicted octanol–water partition coefficient (Wildman–Crippen LogP) is 4.14. The maximum atomic E-state index is 6.20. The van der Waals surface area contributed by atoms with Crippen molar-refractivity contribution in [2.75, 3.05) is 13.2 Å². The molecule has 0 aliphatic rings. The van der Waals surface area contributed by atoms with Crippen molar-refractivity contribution in [2.24, 2.45) is 5.73 Å². The molecule has 1 aromatic carbocycles. The summed E-state index contributed by atoms with van der Waals surface area (Å²) in [4.78, 5) is 0. The minimum atomic E-state index is 0.415. The molecule has 0 atom stereocenters. The summed E-state index contributed by atoms with van der Waals surface area (Å²) in [5.74, 6) is 1.44. The van der Waals surface area contributed by atoms with Crippen LogP contribution < -0.4 is 10.5 Å². The van der Waals surface area contributed by atoms with Gasteiger partial charge in [-0.3, -0.25) is 0 Å². The van der Waals surface area contributed by atoms with Gasteiger partial charge in [-0.05, 0) is 61.9 Å². The lowest BCUT2D eigenvalue weighted by Crippen LogP contribution is -2.04. The van der Waals surface area contributed by atoms with Gasteiger partial charge in [0.25, 0.3) is 0 Å². The maximum absolute atomic E-state index is 6.20. The highest BCUT2D eigenvalue weighted by atomic mass is 35.5. The van der Waals surface area contributed by atoms with E-state index in [4.69, 9.17) is 22.1 Å². The van der Waals surface area contributed by atoms with Gasteiger partial charge < -0.3 is 10.5 Å². The number of halogens is 1. The average Bonchev–Trinajstić information content (AvgIpc) is 2.32. The molecule has 0 spiro atoms. The van der Waals surface area contributed by atoms with Gasteiger partial charge in [0.15, 0.2) is 0 Å². The molecule has 0 amide bonds. The van der Waals surface area contributed by atoms with Crippen LogP contribution in [-0.2, 0) is 6.42 Å². The van der Waals surface area contributed by atoms with Crippen LogP contribution in [0.25, 0.3) is 0 Å². The molecule has 0 radical (unpaired) electrons. The van der Waals surface area contributed by atoms with Gasteiger partial charge in [-0.1, -0.05) is 25.4 Å². The van der Waals surface area contributed by atoms with Crippen LogP contribution in [0.1, 0.15) is 50.7 Å². The van der Waals surface area contributed by atoms with Crippen molar-refractivity contribution in [3.63, 3.8) is 0 Å². The average molecular weight is 270 g/mol. The highest BCUT2D eigenvalue weighted by Gasteiger charge is 2.14. The second-order valence-electron chi connectivity index (χ2n) is 4.82. The van der Waals surface area contributed by atoms with Crippen LogP contribution >= 0.6 is 11.6 Å². The van der Waals surface area contributed by atoms with Crippen LogP contribution in [0.5, 0.6) is 5.75 Å². The Morgan fingerprint density at radius 2 is 2.00 bits per heavy atom. The molecule has 0 heterocycles. The van der Waals surface area contributed by atoms with Crippen LogP contribution in [0.2, 0.25) is 5.02 Å². The molecule has 2 nitrogen and oxygen atoms in total. The zero-order valence-corrected chi connectivity index (χ0v) is 12.4. The van der Waals surface area contributed by atoms with Gasteiger partial charge in [0.1, 0.15) is 5.75 Å². The monoisotopic (exact) mass is 269 g/mol. The normalized spacial score (nSPS) is 11.0. The van der Waals surface area contributed by atoms with E-state index >= 15 is 0 Å². The first kappa shape index (κ1) is 15.3. The fourth-order valence-corrected chi connectivity index (χ4v) is 2.32. The van der Waals surface area contributed by atoms with Crippen LogP contribution in [-0.4, -0.2) is 13.2 Å². The fourth-order valence-electron chi connectivity index (χ4n) is 2.07. The minimum Gasteiger partial charge on any atom is -0.493 e. The summed E-state index contributed by atoms with van der Waals surface area (Å²) in [5.41, 5.74) is 7.95. The van der Waals surface area contributed by atoms with Gasteiger partial charge in [0.05, 0.1) is 6.61 Å². The zero-order chi connectivity index (χ0) is 13.5. The molecule has 1 rings (SSSR count). The Kier molecular flexibility index (Phi) is 6.51. The van der Waals surface area contributed by atoms with E-state index in [-0.39, 0.29) is 0 Å². The smallest absolute Gasteiger partial charge is 0.126 e. The van der Waals surface area contributed by atoms with E-state index in [1.165, 1.54) is 11.1 Å². The van der Waals surface area contributed by atoms with Crippen molar-refractivity contribution in [1.29, 1.82) is 0 Å².